The maximum absolute atomic E-state index is 13.9. The lowest BCUT2D eigenvalue weighted by Crippen LogP contribution is -2.45. The highest BCUT2D eigenvalue weighted by Gasteiger charge is 2.25. The first-order chi connectivity index (χ1) is 14.2. The second kappa shape index (κ2) is 9.04. The molecule has 29 heavy (non-hydrogen) atoms. The average molecular weight is 414 g/mol. The predicted octanol–water partition coefficient (Wildman–Crippen LogP) is 2.69. The summed E-state index contributed by atoms with van der Waals surface area (Å²) in [5.74, 6) is 0.876. The second-order valence-corrected chi connectivity index (χ2v) is 7.83. The van der Waals surface area contributed by atoms with E-state index < -0.39 is 0 Å². The molecule has 0 aliphatic carbocycles. The van der Waals surface area contributed by atoms with Crippen LogP contribution in [0, 0.1) is 5.82 Å². The van der Waals surface area contributed by atoms with Crippen LogP contribution in [0.15, 0.2) is 47.6 Å². The molecule has 1 fully saturated rings. The van der Waals surface area contributed by atoms with Crippen LogP contribution in [0.5, 0.6) is 0 Å². The van der Waals surface area contributed by atoms with E-state index in [1.807, 2.05) is 23.1 Å². The van der Waals surface area contributed by atoms with Crippen LogP contribution in [-0.4, -0.2) is 55.2 Å². The van der Waals surface area contributed by atoms with Gasteiger partial charge in [-0.3, -0.25) is 4.99 Å². The third-order valence-electron chi connectivity index (χ3n) is 4.78. The van der Waals surface area contributed by atoms with E-state index in [-0.39, 0.29) is 11.9 Å². The van der Waals surface area contributed by atoms with Crippen molar-refractivity contribution in [2.45, 2.75) is 12.5 Å². The summed E-state index contributed by atoms with van der Waals surface area (Å²) in [6.45, 7) is 2.90. The molecule has 1 saturated heterocycles. The normalized spacial score (nSPS) is 17.0. The number of fused-ring (bicyclic) bond motifs is 1. The van der Waals surface area contributed by atoms with Crippen LogP contribution in [0.25, 0.3) is 10.2 Å². The molecule has 4 rings (SSSR count). The van der Waals surface area contributed by atoms with Gasteiger partial charge in [0, 0.05) is 45.5 Å². The Hall–Kier alpha value is -2.94. The van der Waals surface area contributed by atoms with Crippen molar-refractivity contribution in [2.75, 3.05) is 43.4 Å². The summed E-state index contributed by atoms with van der Waals surface area (Å²) in [6, 6.07) is 11.4. The number of nitrogens with one attached hydrogen (secondary N) is 3. The number of para-hydroxylation sites is 1. The number of guanidine groups is 1. The molecule has 3 heterocycles. The van der Waals surface area contributed by atoms with Crippen molar-refractivity contribution in [1.82, 2.24) is 20.6 Å². The van der Waals surface area contributed by atoms with E-state index in [4.69, 9.17) is 0 Å². The van der Waals surface area contributed by atoms with E-state index in [1.54, 1.807) is 30.6 Å². The van der Waals surface area contributed by atoms with Gasteiger partial charge < -0.3 is 20.9 Å². The summed E-state index contributed by atoms with van der Waals surface area (Å²) in [5.41, 5.74) is 1.01. The van der Waals surface area contributed by atoms with Gasteiger partial charge in [0.15, 0.2) is 22.7 Å². The first-order valence-electron chi connectivity index (χ1n) is 9.65. The lowest BCUT2D eigenvalue weighted by molar-refractivity contribution is 0.612. The summed E-state index contributed by atoms with van der Waals surface area (Å²) < 4.78 is 15.1. The molecule has 1 atom stereocenters. The molecule has 0 bridgehead atoms. The first-order valence-corrected chi connectivity index (χ1v) is 10.5. The van der Waals surface area contributed by atoms with E-state index in [0.29, 0.717) is 18.9 Å². The van der Waals surface area contributed by atoms with Crippen LogP contribution in [-0.2, 0) is 0 Å². The van der Waals surface area contributed by atoms with E-state index in [1.165, 1.54) is 10.8 Å². The summed E-state index contributed by atoms with van der Waals surface area (Å²) in [7, 11) is 1.75. The van der Waals surface area contributed by atoms with Crippen molar-refractivity contribution >= 4 is 38.5 Å². The predicted molar refractivity (Wildman–Crippen MR) is 117 cm³/mol. The SMILES string of the molecule is CN=C(NCCNc1nc2ccccc2s1)NC1CCN(c2ncccc2F)C1. The Bertz CT molecular complexity index is 957. The molecular weight excluding hydrogens is 389 g/mol. The maximum atomic E-state index is 13.9. The zero-order chi connectivity index (χ0) is 20.1. The molecule has 1 unspecified atom stereocenters. The van der Waals surface area contributed by atoms with Crippen molar-refractivity contribution in [2.24, 2.45) is 4.99 Å². The van der Waals surface area contributed by atoms with Gasteiger partial charge in [-0.25, -0.2) is 14.4 Å². The molecule has 1 aliphatic rings. The van der Waals surface area contributed by atoms with Crippen molar-refractivity contribution in [3.8, 4) is 0 Å². The Labute approximate surface area is 173 Å². The Morgan fingerprint density at radius 1 is 1.28 bits per heavy atom. The van der Waals surface area contributed by atoms with Crippen LogP contribution in [0.1, 0.15) is 6.42 Å². The smallest absolute Gasteiger partial charge is 0.191 e. The minimum Gasteiger partial charge on any atom is -0.360 e. The molecule has 9 heteroatoms. The van der Waals surface area contributed by atoms with Crippen LogP contribution in [0.3, 0.4) is 0 Å². The van der Waals surface area contributed by atoms with E-state index in [0.717, 1.165) is 36.1 Å². The van der Waals surface area contributed by atoms with Crippen LogP contribution < -0.4 is 20.9 Å². The Kier molecular flexibility index (Phi) is 6.04. The van der Waals surface area contributed by atoms with Gasteiger partial charge in [-0.05, 0) is 30.7 Å². The minimum absolute atomic E-state index is 0.194. The van der Waals surface area contributed by atoms with Crippen LogP contribution in [0.2, 0.25) is 0 Å². The molecule has 152 valence electrons. The molecule has 0 radical (unpaired) electrons. The number of nitrogens with zero attached hydrogens (tertiary/aromatic N) is 4. The van der Waals surface area contributed by atoms with Gasteiger partial charge in [0.05, 0.1) is 10.2 Å². The van der Waals surface area contributed by atoms with Gasteiger partial charge in [0.25, 0.3) is 0 Å². The Balaban J connectivity index is 1.22. The van der Waals surface area contributed by atoms with Gasteiger partial charge in [-0.1, -0.05) is 23.5 Å². The molecule has 0 spiro atoms. The number of aliphatic imine (C=N–C) groups is 1. The number of halogens is 1. The fourth-order valence-corrected chi connectivity index (χ4v) is 4.26. The zero-order valence-corrected chi connectivity index (χ0v) is 17.0. The molecule has 0 saturated carbocycles. The number of anilines is 2. The van der Waals surface area contributed by atoms with Gasteiger partial charge in [0.1, 0.15) is 0 Å². The van der Waals surface area contributed by atoms with Crippen molar-refractivity contribution in [3.63, 3.8) is 0 Å². The van der Waals surface area contributed by atoms with Gasteiger partial charge in [0.2, 0.25) is 0 Å². The number of hydrogen-bond acceptors (Lipinski definition) is 6. The molecule has 0 amide bonds. The Morgan fingerprint density at radius 3 is 3.00 bits per heavy atom. The Morgan fingerprint density at radius 2 is 2.17 bits per heavy atom. The lowest BCUT2D eigenvalue weighted by Gasteiger charge is -2.20. The second-order valence-electron chi connectivity index (χ2n) is 6.80. The third kappa shape index (κ3) is 4.73. The summed E-state index contributed by atoms with van der Waals surface area (Å²) in [4.78, 5) is 15.0. The molecule has 3 N–H and O–H groups in total. The minimum atomic E-state index is -0.281. The zero-order valence-electron chi connectivity index (χ0n) is 16.2. The van der Waals surface area contributed by atoms with E-state index in [2.05, 4.69) is 37.0 Å². The number of pyridine rings is 1. The molecule has 1 aliphatic heterocycles. The summed E-state index contributed by atoms with van der Waals surface area (Å²) in [5, 5.41) is 11.0. The van der Waals surface area contributed by atoms with Crippen LogP contribution >= 0.6 is 11.3 Å². The highest BCUT2D eigenvalue weighted by molar-refractivity contribution is 7.22. The average Bonchev–Trinajstić information content (AvgIpc) is 3.37. The van der Waals surface area contributed by atoms with E-state index >= 15 is 0 Å². The topological polar surface area (TPSA) is 77.5 Å². The fourth-order valence-electron chi connectivity index (χ4n) is 3.37. The highest BCUT2D eigenvalue weighted by atomic mass is 32.1. The highest BCUT2D eigenvalue weighted by Crippen LogP contribution is 2.25. The number of benzene rings is 1. The van der Waals surface area contributed by atoms with Crippen molar-refractivity contribution in [3.05, 3.63) is 48.4 Å². The lowest BCUT2D eigenvalue weighted by atomic mass is 10.3. The van der Waals surface area contributed by atoms with Gasteiger partial charge >= 0.3 is 0 Å². The van der Waals surface area contributed by atoms with Crippen molar-refractivity contribution < 1.29 is 4.39 Å². The van der Waals surface area contributed by atoms with Gasteiger partial charge in [-0.2, -0.15) is 0 Å². The first kappa shape index (κ1) is 19.4. The number of aromatic nitrogens is 2. The maximum Gasteiger partial charge on any atom is 0.191 e. The largest absolute Gasteiger partial charge is 0.360 e. The van der Waals surface area contributed by atoms with Crippen LogP contribution in [0.4, 0.5) is 15.3 Å². The number of hydrogen-bond donors (Lipinski definition) is 3. The number of rotatable bonds is 6. The summed E-state index contributed by atoms with van der Waals surface area (Å²) >= 11 is 1.65. The molecule has 3 aromatic rings. The standard InChI is InChI=1S/C20H24FN7S/c1-22-19(24-10-11-25-20-27-16-6-2-3-7-17(16)29-20)26-14-8-12-28(13-14)18-15(21)5-4-9-23-18/h2-7,9,14H,8,10-13H2,1H3,(H,25,27)(H2,22,24,26). The van der Waals surface area contributed by atoms with Gasteiger partial charge in [-0.15, -0.1) is 0 Å². The fraction of sp³-hybridized carbons (Fsp3) is 0.350. The van der Waals surface area contributed by atoms with Crippen molar-refractivity contribution in [1.29, 1.82) is 0 Å². The quantitative estimate of drug-likeness (QED) is 0.328. The molecule has 2 aromatic heterocycles. The molecule has 7 nitrogen and oxygen atoms in total. The molecular formula is C20H24FN7S. The summed E-state index contributed by atoms with van der Waals surface area (Å²) in [6.07, 6.45) is 2.53. The molecule has 1 aromatic carbocycles. The monoisotopic (exact) mass is 413 g/mol. The number of thiazole rings is 1. The van der Waals surface area contributed by atoms with E-state index in [9.17, 15) is 4.39 Å². The third-order valence-corrected chi connectivity index (χ3v) is 5.77.